The Labute approximate surface area is 83.9 Å². The summed E-state index contributed by atoms with van der Waals surface area (Å²) in [5, 5.41) is 8.95. The molecule has 1 aromatic carbocycles. The molecule has 0 unspecified atom stereocenters. The summed E-state index contributed by atoms with van der Waals surface area (Å²) in [6, 6.07) is 6.94. The summed E-state index contributed by atoms with van der Waals surface area (Å²) < 4.78 is 17.2. The Kier molecular flexibility index (Phi) is 2.21. The van der Waals surface area contributed by atoms with Crippen LogP contribution in [0.5, 0.6) is 5.88 Å². The van der Waals surface area contributed by atoms with Gasteiger partial charge in [-0.05, 0) is 24.3 Å². The third-order valence-corrected chi connectivity index (χ3v) is 1.82. The Morgan fingerprint density at radius 3 is 2.87 bits per heavy atom. The molecule has 1 aromatic heterocycles. The maximum atomic E-state index is 12.8. The highest BCUT2D eigenvalue weighted by Gasteiger charge is 2.04. The first kappa shape index (κ1) is 9.39. The molecular formula is C10H6FNO3. The van der Waals surface area contributed by atoms with Crippen molar-refractivity contribution in [1.29, 1.82) is 0 Å². The quantitative estimate of drug-likeness (QED) is 0.729. The number of halogens is 1. The van der Waals surface area contributed by atoms with Gasteiger partial charge in [-0.3, -0.25) is 0 Å². The molecule has 0 radical (unpaired) electrons. The Morgan fingerprint density at radius 2 is 2.13 bits per heavy atom. The van der Waals surface area contributed by atoms with Crippen LogP contribution < -0.4 is 4.74 Å². The first-order valence-electron chi connectivity index (χ1n) is 4.12. The summed E-state index contributed by atoms with van der Waals surface area (Å²) in [6.45, 7) is 0. The van der Waals surface area contributed by atoms with E-state index in [1.165, 1.54) is 24.3 Å². The topological polar surface area (TPSA) is 59.4 Å². The van der Waals surface area contributed by atoms with E-state index in [2.05, 4.69) is 9.72 Å². The van der Waals surface area contributed by atoms with Gasteiger partial charge < -0.3 is 9.84 Å². The van der Waals surface area contributed by atoms with E-state index in [1.54, 1.807) is 6.07 Å². The second-order valence-electron chi connectivity index (χ2n) is 2.85. The fourth-order valence-corrected chi connectivity index (χ4v) is 1.22. The Bertz CT molecular complexity index is 527. The molecule has 76 valence electrons. The fourth-order valence-electron chi connectivity index (χ4n) is 1.22. The second-order valence-corrected chi connectivity index (χ2v) is 2.85. The van der Waals surface area contributed by atoms with Crippen LogP contribution in [0.15, 0.2) is 30.3 Å². The Hall–Kier alpha value is -2.17. The van der Waals surface area contributed by atoms with Crippen LogP contribution >= 0.6 is 0 Å². The van der Waals surface area contributed by atoms with Crippen molar-refractivity contribution in [2.75, 3.05) is 0 Å². The number of nitrogens with zero attached hydrogens (tertiary/aromatic N) is 1. The normalized spacial score (nSPS) is 10.2. The molecular weight excluding hydrogens is 201 g/mol. The van der Waals surface area contributed by atoms with E-state index in [0.29, 0.717) is 10.9 Å². The number of hydrogen-bond acceptors (Lipinski definition) is 3. The predicted octanol–water partition coefficient (Wildman–Crippen LogP) is 2.43. The van der Waals surface area contributed by atoms with Gasteiger partial charge in [0.05, 0.1) is 5.52 Å². The first-order chi connectivity index (χ1) is 7.15. The van der Waals surface area contributed by atoms with Gasteiger partial charge in [0.2, 0.25) is 5.88 Å². The van der Waals surface area contributed by atoms with Crippen molar-refractivity contribution in [2.45, 2.75) is 0 Å². The molecule has 0 saturated heterocycles. The van der Waals surface area contributed by atoms with Gasteiger partial charge in [0.15, 0.2) is 0 Å². The minimum atomic E-state index is -1.43. The van der Waals surface area contributed by atoms with Crippen LogP contribution in [0.4, 0.5) is 9.18 Å². The lowest BCUT2D eigenvalue weighted by Crippen LogP contribution is -2.04. The van der Waals surface area contributed by atoms with Crippen molar-refractivity contribution >= 4 is 17.1 Å². The lowest BCUT2D eigenvalue weighted by molar-refractivity contribution is 0.142. The van der Waals surface area contributed by atoms with Crippen LogP contribution in [0.25, 0.3) is 10.9 Å². The molecule has 0 atom stereocenters. The number of rotatable bonds is 1. The average molecular weight is 207 g/mol. The number of hydrogen-bond donors (Lipinski definition) is 1. The van der Waals surface area contributed by atoms with Crippen LogP contribution in [-0.2, 0) is 0 Å². The molecule has 0 spiro atoms. The number of ether oxygens (including phenoxy) is 1. The van der Waals surface area contributed by atoms with Crippen LogP contribution in [0.1, 0.15) is 0 Å². The molecule has 0 bridgehead atoms. The molecule has 2 rings (SSSR count). The molecule has 0 saturated carbocycles. The largest absolute Gasteiger partial charge is 0.512 e. The van der Waals surface area contributed by atoms with Gasteiger partial charge >= 0.3 is 6.16 Å². The van der Waals surface area contributed by atoms with Gasteiger partial charge in [-0.15, -0.1) is 0 Å². The van der Waals surface area contributed by atoms with E-state index in [0.717, 1.165) is 0 Å². The number of pyridine rings is 1. The van der Waals surface area contributed by atoms with Crippen molar-refractivity contribution in [2.24, 2.45) is 0 Å². The van der Waals surface area contributed by atoms with Crippen LogP contribution in [0.2, 0.25) is 0 Å². The molecule has 0 aliphatic rings. The third-order valence-electron chi connectivity index (χ3n) is 1.82. The zero-order valence-corrected chi connectivity index (χ0v) is 7.48. The van der Waals surface area contributed by atoms with Crippen molar-refractivity contribution in [3.8, 4) is 5.88 Å². The summed E-state index contributed by atoms with van der Waals surface area (Å²) in [5.74, 6) is -0.391. The van der Waals surface area contributed by atoms with E-state index >= 15 is 0 Å². The van der Waals surface area contributed by atoms with Gasteiger partial charge in [0.1, 0.15) is 5.82 Å². The number of benzene rings is 1. The fraction of sp³-hybridized carbons (Fsp3) is 0. The highest BCUT2D eigenvalue weighted by atomic mass is 19.1. The van der Waals surface area contributed by atoms with E-state index in [4.69, 9.17) is 5.11 Å². The smallest absolute Gasteiger partial charge is 0.449 e. The minimum Gasteiger partial charge on any atom is -0.449 e. The Balaban J connectivity index is 2.47. The molecule has 0 aliphatic carbocycles. The maximum Gasteiger partial charge on any atom is 0.512 e. The molecule has 5 heteroatoms. The molecule has 1 N–H and O–H groups in total. The number of carbonyl (C=O) groups is 1. The summed E-state index contributed by atoms with van der Waals surface area (Å²) in [7, 11) is 0. The van der Waals surface area contributed by atoms with Crippen LogP contribution in [0.3, 0.4) is 0 Å². The molecule has 1 heterocycles. The third kappa shape index (κ3) is 2.01. The zero-order chi connectivity index (χ0) is 10.8. The first-order valence-corrected chi connectivity index (χ1v) is 4.12. The molecule has 2 aromatic rings. The molecule has 0 fully saturated rings. The predicted molar refractivity (Wildman–Crippen MR) is 50.4 cm³/mol. The maximum absolute atomic E-state index is 12.8. The van der Waals surface area contributed by atoms with Crippen LogP contribution in [0, 0.1) is 5.82 Å². The van der Waals surface area contributed by atoms with Crippen molar-refractivity contribution in [3.63, 3.8) is 0 Å². The van der Waals surface area contributed by atoms with E-state index < -0.39 is 6.16 Å². The SMILES string of the molecule is O=C(O)Oc1ccc2cc(F)ccc2n1. The Morgan fingerprint density at radius 1 is 1.33 bits per heavy atom. The lowest BCUT2D eigenvalue weighted by atomic mass is 10.2. The number of carboxylic acid groups (broad SMARTS) is 1. The van der Waals surface area contributed by atoms with Gasteiger partial charge in [-0.1, -0.05) is 0 Å². The van der Waals surface area contributed by atoms with Crippen molar-refractivity contribution in [3.05, 3.63) is 36.1 Å². The van der Waals surface area contributed by atoms with E-state index in [9.17, 15) is 9.18 Å². The summed E-state index contributed by atoms with van der Waals surface area (Å²) >= 11 is 0. The molecule has 4 nitrogen and oxygen atoms in total. The van der Waals surface area contributed by atoms with Gasteiger partial charge in [-0.2, -0.15) is 0 Å². The minimum absolute atomic E-state index is 0.0263. The van der Waals surface area contributed by atoms with Gasteiger partial charge in [-0.25, -0.2) is 14.2 Å². The highest BCUT2D eigenvalue weighted by molar-refractivity contribution is 5.79. The molecule has 0 aliphatic heterocycles. The van der Waals surface area contributed by atoms with Gasteiger partial charge in [0, 0.05) is 11.5 Å². The standard InChI is InChI=1S/C10H6FNO3/c11-7-2-3-8-6(5-7)1-4-9(12-8)15-10(13)14/h1-5H,(H,13,14). The van der Waals surface area contributed by atoms with Crippen molar-refractivity contribution in [1.82, 2.24) is 4.98 Å². The van der Waals surface area contributed by atoms with Crippen LogP contribution in [-0.4, -0.2) is 16.2 Å². The highest BCUT2D eigenvalue weighted by Crippen LogP contribution is 2.17. The monoisotopic (exact) mass is 207 g/mol. The van der Waals surface area contributed by atoms with E-state index in [-0.39, 0.29) is 11.7 Å². The number of aromatic nitrogens is 1. The molecule has 0 amide bonds. The van der Waals surface area contributed by atoms with Gasteiger partial charge in [0.25, 0.3) is 0 Å². The molecule has 15 heavy (non-hydrogen) atoms. The summed E-state index contributed by atoms with van der Waals surface area (Å²) in [6.07, 6.45) is -1.43. The summed E-state index contributed by atoms with van der Waals surface area (Å²) in [5.41, 5.74) is 0.482. The average Bonchev–Trinajstić information content (AvgIpc) is 2.17. The van der Waals surface area contributed by atoms with Crippen molar-refractivity contribution < 1.29 is 19.0 Å². The lowest BCUT2D eigenvalue weighted by Gasteiger charge is -2.00. The number of fused-ring (bicyclic) bond motifs is 1. The summed E-state index contributed by atoms with van der Waals surface area (Å²) in [4.78, 5) is 14.1. The van der Waals surface area contributed by atoms with E-state index in [1.807, 2.05) is 0 Å². The zero-order valence-electron chi connectivity index (χ0n) is 7.48. The second kappa shape index (κ2) is 3.53.